The maximum absolute atomic E-state index is 2.43. The molecule has 0 saturated carbocycles. The minimum absolute atomic E-state index is 1.11. The summed E-state index contributed by atoms with van der Waals surface area (Å²) in [4.78, 5) is 2.43. The summed E-state index contributed by atoms with van der Waals surface area (Å²) < 4.78 is 2.58. The Bertz CT molecular complexity index is 2870. The van der Waals surface area contributed by atoms with E-state index in [0.717, 1.165) is 17.1 Å². The molecule has 52 heavy (non-hydrogen) atoms. The van der Waals surface area contributed by atoms with Crippen molar-refractivity contribution in [3.05, 3.63) is 200 Å². The third-order valence-corrected chi connectivity index (χ3v) is 11.4. The SMILES string of the molecule is c1ccc(-c2ccc(N(c3ccc(-c4cc5ccccc5c5ccccc45)cc3)c3cc4sc5ccccc5c4cc3-c3ccccc3)cc2)cc1. The number of fused-ring (bicyclic) bond motifs is 6. The summed E-state index contributed by atoms with van der Waals surface area (Å²) in [5.41, 5.74) is 10.6. The Morgan fingerprint density at radius 1 is 0.308 bits per heavy atom. The van der Waals surface area contributed by atoms with Gasteiger partial charge in [0, 0.05) is 37.1 Å². The third kappa shape index (κ3) is 5.24. The molecule has 0 aliphatic heterocycles. The summed E-state index contributed by atoms with van der Waals surface area (Å²) in [5, 5.41) is 7.68. The molecule has 0 bridgehead atoms. The molecule has 9 aromatic carbocycles. The zero-order chi connectivity index (χ0) is 34.4. The molecule has 10 rings (SSSR count). The summed E-state index contributed by atoms with van der Waals surface area (Å²) in [7, 11) is 0. The summed E-state index contributed by atoms with van der Waals surface area (Å²) in [6, 6.07) is 73.0. The van der Waals surface area contributed by atoms with Gasteiger partial charge in [-0.1, -0.05) is 152 Å². The Morgan fingerprint density at radius 3 is 1.54 bits per heavy atom. The summed E-state index contributed by atoms with van der Waals surface area (Å²) in [5.74, 6) is 0. The number of thiophene rings is 1. The van der Waals surface area contributed by atoms with Crippen molar-refractivity contribution in [1.29, 1.82) is 0 Å². The minimum atomic E-state index is 1.11. The van der Waals surface area contributed by atoms with Gasteiger partial charge in [-0.2, -0.15) is 0 Å². The van der Waals surface area contributed by atoms with Crippen LogP contribution < -0.4 is 4.90 Å². The molecule has 10 aromatic rings. The Morgan fingerprint density at radius 2 is 0.827 bits per heavy atom. The number of rotatable bonds is 6. The first-order chi connectivity index (χ1) is 25.8. The van der Waals surface area contributed by atoms with E-state index in [1.165, 1.54) is 75.1 Å². The summed E-state index contributed by atoms with van der Waals surface area (Å²) in [6.45, 7) is 0. The van der Waals surface area contributed by atoms with Crippen LogP contribution in [-0.2, 0) is 0 Å². The van der Waals surface area contributed by atoms with Crippen LogP contribution in [0.1, 0.15) is 0 Å². The maximum atomic E-state index is 2.43. The summed E-state index contributed by atoms with van der Waals surface area (Å²) in [6.07, 6.45) is 0. The molecule has 1 nitrogen and oxygen atoms in total. The fraction of sp³-hybridized carbons (Fsp3) is 0. The van der Waals surface area contributed by atoms with Crippen LogP contribution >= 0.6 is 11.3 Å². The second-order valence-electron chi connectivity index (χ2n) is 13.3. The van der Waals surface area contributed by atoms with E-state index in [2.05, 4.69) is 205 Å². The van der Waals surface area contributed by atoms with Gasteiger partial charge in [-0.25, -0.2) is 0 Å². The molecule has 0 spiro atoms. The molecule has 2 heteroatoms. The lowest BCUT2D eigenvalue weighted by atomic mass is 9.93. The van der Waals surface area contributed by atoms with Gasteiger partial charge < -0.3 is 4.90 Å². The van der Waals surface area contributed by atoms with Gasteiger partial charge in [0.1, 0.15) is 0 Å². The molecule has 1 aromatic heterocycles. The van der Waals surface area contributed by atoms with Crippen LogP contribution in [-0.4, -0.2) is 0 Å². The topological polar surface area (TPSA) is 3.24 Å². The zero-order valence-electron chi connectivity index (χ0n) is 28.4. The molecule has 0 unspecified atom stereocenters. The van der Waals surface area contributed by atoms with Gasteiger partial charge in [0.2, 0.25) is 0 Å². The predicted molar refractivity (Wildman–Crippen MR) is 225 cm³/mol. The first-order valence-corrected chi connectivity index (χ1v) is 18.6. The Labute approximate surface area is 307 Å². The van der Waals surface area contributed by atoms with Gasteiger partial charge >= 0.3 is 0 Å². The van der Waals surface area contributed by atoms with Gasteiger partial charge in [0.15, 0.2) is 0 Å². The van der Waals surface area contributed by atoms with E-state index < -0.39 is 0 Å². The number of benzene rings is 9. The summed E-state index contributed by atoms with van der Waals surface area (Å²) >= 11 is 1.86. The van der Waals surface area contributed by atoms with Crippen LogP contribution in [0.15, 0.2) is 200 Å². The van der Waals surface area contributed by atoms with Gasteiger partial charge in [-0.05, 0) is 97.9 Å². The van der Waals surface area contributed by atoms with E-state index in [0.29, 0.717) is 0 Å². The number of anilines is 3. The van der Waals surface area contributed by atoms with Crippen molar-refractivity contribution in [1.82, 2.24) is 0 Å². The third-order valence-electron chi connectivity index (χ3n) is 10.3. The highest BCUT2D eigenvalue weighted by atomic mass is 32.1. The smallest absolute Gasteiger partial charge is 0.0554 e. The second-order valence-corrected chi connectivity index (χ2v) is 14.4. The van der Waals surface area contributed by atoms with Crippen molar-refractivity contribution in [2.75, 3.05) is 4.90 Å². The lowest BCUT2D eigenvalue weighted by Crippen LogP contribution is -2.11. The highest BCUT2D eigenvalue weighted by Crippen LogP contribution is 2.47. The quantitative estimate of drug-likeness (QED) is 0.158. The molecule has 0 saturated heterocycles. The van der Waals surface area contributed by atoms with E-state index in [-0.39, 0.29) is 0 Å². The number of nitrogens with zero attached hydrogens (tertiary/aromatic N) is 1. The van der Waals surface area contributed by atoms with Crippen LogP contribution in [0, 0.1) is 0 Å². The van der Waals surface area contributed by atoms with E-state index in [4.69, 9.17) is 0 Å². The second kappa shape index (κ2) is 12.7. The van der Waals surface area contributed by atoms with Crippen molar-refractivity contribution in [2.45, 2.75) is 0 Å². The standard InChI is InChI=1S/C50H33NS/c1-3-13-34(14-4-1)35-23-27-39(28-24-35)51(48-33-50-47(44-21-11-12-22-49(44)52-50)32-46(48)36-15-5-2-6-16-36)40-29-25-37(26-30-40)45-31-38-17-7-8-18-41(38)42-19-9-10-20-43(42)45/h1-33H. The molecule has 0 fully saturated rings. The Kier molecular flexibility index (Phi) is 7.41. The van der Waals surface area contributed by atoms with Crippen molar-refractivity contribution in [3.63, 3.8) is 0 Å². The zero-order valence-corrected chi connectivity index (χ0v) is 29.2. The van der Waals surface area contributed by atoms with E-state index in [1.807, 2.05) is 11.3 Å². The fourth-order valence-electron chi connectivity index (χ4n) is 7.74. The van der Waals surface area contributed by atoms with Crippen LogP contribution in [0.4, 0.5) is 17.1 Å². The van der Waals surface area contributed by atoms with Gasteiger partial charge in [-0.3, -0.25) is 0 Å². The van der Waals surface area contributed by atoms with Crippen molar-refractivity contribution in [3.8, 4) is 33.4 Å². The molecule has 1 heterocycles. The fourth-order valence-corrected chi connectivity index (χ4v) is 8.86. The molecule has 0 aliphatic rings. The average Bonchev–Trinajstić information content (AvgIpc) is 3.59. The predicted octanol–water partition coefficient (Wildman–Crippen LogP) is 14.8. The van der Waals surface area contributed by atoms with Crippen molar-refractivity contribution < 1.29 is 0 Å². The molecular weight excluding hydrogens is 647 g/mol. The number of hydrogen-bond acceptors (Lipinski definition) is 2. The molecule has 0 N–H and O–H groups in total. The minimum Gasteiger partial charge on any atom is -0.310 e. The monoisotopic (exact) mass is 679 g/mol. The van der Waals surface area contributed by atoms with Gasteiger partial charge in [-0.15, -0.1) is 11.3 Å². The maximum Gasteiger partial charge on any atom is 0.0554 e. The molecule has 244 valence electrons. The highest BCUT2D eigenvalue weighted by molar-refractivity contribution is 7.25. The Balaban J connectivity index is 1.18. The van der Waals surface area contributed by atoms with E-state index >= 15 is 0 Å². The molecule has 0 atom stereocenters. The lowest BCUT2D eigenvalue weighted by molar-refractivity contribution is 1.29. The molecule has 0 radical (unpaired) electrons. The number of hydrogen-bond donors (Lipinski definition) is 0. The largest absolute Gasteiger partial charge is 0.310 e. The normalized spacial score (nSPS) is 11.5. The molecule has 0 aliphatic carbocycles. The molecule has 0 amide bonds. The van der Waals surface area contributed by atoms with Crippen LogP contribution in [0.5, 0.6) is 0 Å². The van der Waals surface area contributed by atoms with E-state index in [1.54, 1.807) is 0 Å². The lowest BCUT2D eigenvalue weighted by Gasteiger charge is -2.28. The first-order valence-electron chi connectivity index (χ1n) is 17.8. The first kappa shape index (κ1) is 30.4. The van der Waals surface area contributed by atoms with Gasteiger partial charge in [0.25, 0.3) is 0 Å². The van der Waals surface area contributed by atoms with Crippen molar-refractivity contribution in [2.24, 2.45) is 0 Å². The highest BCUT2D eigenvalue weighted by Gasteiger charge is 2.21. The van der Waals surface area contributed by atoms with Crippen LogP contribution in [0.25, 0.3) is 75.1 Å². The van der Waals surface area contributed by atoms with Crippen molar-refractivity contribution >= 4 is 70.1 Å². The Hall–Kier alpha value is -6.48. The van der Waals surface area contributed by atoms with Crippen LogP contribution in [0.3, 0.4) is 0 Å². The average molecular weight is 680 g/mol. The van der Waals surface area contributed by atoms with E-state index in [9.17, 15) is 0 Å². The molecular formula is C50H33NS. The van der Waals surface area contributed by atoms with Crippen LogP contribution in [0.2, 0.25) is 0 Å². The van der Waals surface area contributed by atoms with Gasteiger partial charge in [0.05, 0.1) is 5.69 Å².